The highest BCUT2D eigenvalue weighted by Gasteiger charge is 2.08. The molecule has 0 atom stereocenters. The minimum atomic E-state index is -0.929. The highest BCUT2D eigenvalue weighted by atomic mass is 35.5. The maximum Gasteiger partial charge on any atom is 0.335 e. The quantitative estimate of drug-likeness (QED) is 0.802. The molecule has 0 radical (unpaired) electrons. The fraction of sp³-hybridized carbons (Fsp3) is 0.0667. The summed E-state index contributed by atoms with van der Waals surface area (Å²) in [6, 6.07) is 8.90. The molecule has 0 aliphatic heterocycles. The van der Waals surface area contributed by atoms with Crippen LogP contribution in [0.25, 0.3) is 10.9 Å². The van der Waals surface area contributed by atoms with Crippen molar-refractivity contribution in [2.45, 2.75) is 6.54 Å². The SMILES string of the molecule is O=C(O)c1ccc2ccn(Cc3ccncc3Cl)c2c1. The van der Waals surface area contributed by atoms with E-state index in [2.05, 4.69) is 4.98 Å². The van der Waals surface area contributed by atoms with E-state index in [0.29, 0.717) is 11.6 Å². The Hall–Kier alpha value is -2.33. The molecule has 20 heavy (non-hydrogen) atoms. The van der Waals surface area contributed by atoms with Crippen molar-refractivity contribution in [1.29, 1.82) is 0 Å². The molecule has 100 valence electrons. The molecule has 0 bridgehead atoms. The number of aromatic carboxylic acids is 1. The normalized spacial score (nSPS) is 10.8. The van der Waals surface area contributed by atoms with Crippen LogP contribution >= 0.6 is 11.6 Å². The van der Waals surface area contributed by atoms with E-state index in [1.165, 1.54) is 0 Å². The summed E-state index contributed by atoms with van der Waals surface area (Å²) in [7, 11) is 0. The molecule has 2 heterocycles. The van der Waals surface area contributed by atoms with Crippen LogP contribution in [-0.4, -0.2) is 20.6 Å². The van der Waals surface area contributed by atoms with Gasteiger partial charge in [0.1, 0.15) is 0 Å². The molecule has 2 aromatic heterocycles. The van der Waals surface area contributed by atoms with Crippen molar-refractivity contribution in [3.8, 4) is 0 Å². The topological polar surface area (TPSA) is 55.1 Å². The third-order valence-corrected chi connectivity index (χ3v) is 3.56. The first-order valence-corrected chi connectivity index (χ1v) is 6.43. The van der Waals surface area contributed by atoms with Crippen LogP contribution in [0.1, 0.15) is 15.9 Å². The van der Waals surface area contributed by atoms with Crippen LogP contribution in [0.4, 0.5) is 0 Å². The molecule has 1 aromatic carbocycles. The Balaban J connectivity index is 2.06. The van der Waals surface area contributed by atoms with Crippen LogP contribution < -0.4 is 0 Å². The van der Waals surface area contributed by atoms with Crippen molar-refractivity contribution >= 4 is 28.5 Å². The van der Waals surface area contributed by atoms with E-state index in [1.807, 2.05) is 29.0 Å². The number of carboxylic acids is 1. The Labute approximate surface area is 120 Å². The summed E-state index contributed by atoms with van der Waals surface area (Å²) in [5, 5.41) is 10.7. The number of benzene rings is 1. The molecule has 0 amide bonds. The standard InChI is InChI=1S/C15H11ClN2O2/c16-13-8-17-5-3-12(13)9-18-6-4-10-1-2-11(15(19)20)7-14(10)18/h1-8H,9H2,(H,19,20). The minimum Gasteiger partial charge on any atom is -0.478 e. The largest absolute Gasteiger partial charge is 0.478 e. The Morgan fingerprint density at radius 1 is 1.30 bits per heavy atom. The lowest BCUT2D eigenvalue weighted by atomic mass is 10.1. The van der Waals surface area contributed by atoms with E-state index in [-0.39, 0.29) is 5.56 Å². The Bertz CT molecular complexity index is 795. The van der Waals surface area contributed by atoms with Gasteiger partial charge in [-0.1, -0.05) is 17.7 Å². The van der Waals surface area contributed by atoms with Crippen molar-refractivity contribution in [3.05, 3.63) is 65.1 Å². The molecule has 0 aliphatic carbocycles. The molecule has 1 N–H and O–H groups in total. The van der Waals surface area contributed by atoms with Gasteiger partial charge in [-0.2, -0.15) is 0 Å². The number of fused-ring (bicyclic) bond motifs is 1. The maximum atomic E-state index is 11.1. The average molecular weight is 287 g/mol. The van der Waals surface area contributed by atoms with Gasteiger partial charge in [0.25, 0.3) is 0 Å². The molecule has 0 aliphatic rings. The first-order valence-electron chi connectivity index (χ1n) is 6.06. The number of carbonyl (C=O) groups is 1. The number of hydrogen-bond donors (Lipinski definition) is 1. The number of nitrogens with zero attached hydrogens (tertiary/aromatic N) is 2. The smallest absolute Gasteiger partial charge is 0.335 e. The summed E-state index contributed by atoms with van der Waals surface area (Å²) >= 11 is 6.10. The van der Waals surface area contributed by atoms with Gasteiger partial charge >= 0.3 is 5.97 Å². The third-order valence-electron chi connectivity index (χ3n) is 3.22. The van der Waals surface area contributed by atoms with E-state index in [9.17, 15) is 4.79 Å². The molecule has 4 nitrogen and oxygen atoms in total. The summed E-state index contributed by atoms with van der Waals surface area (Å²) in [4.78, 5) is 15.0. The third kappa shape index (κ3) is 2.26. The predicted octanol–water partition coefficient (Wildman–Crippen LogP) is 3.44. The van der Waals surface area contributed by atoms with Gasteiger partial charge in [0.05, 0.1) is 10.6 Å². The summed E-state index contributed by atoms with van der Waals surface area (Å²) in [5.41, 5.74) is 2.09. The molecule has 0 saturated heterocycles. The van der Waals surface area contributed by atoms with Gasteiger partial charge in [-0.15, -0.1) is 0 Å². The lowest BCUT2D eigenvalue weighted by Crippen LogP contribution is -2.01. The Morgan fingerprint density at radius 3 is 2.90 bits per heavy atom. The summed E-state index contributed by atoms with van der Waals surface area (Å²) in [6.07, 6.45) is 5.22. The van der Waals surface area contributed by atoms with Gasteiger partial charge < -0.3 is 9.67 Å². The zero-order valence-electron chi connectivity index (χ0n) is 10.5. The van der Waals surface area contributed by atoms with Crippen molar-refractivity contribution in [2.24, 2.45) is 0 Å². The summed E-state index contributed by atoms with van der Waals surface area (Å²) in [5.74, 6) is -0.929. The van der Waals surface area contributed by atoms with Crippen LogP contribution in [0, 0.1) is 0 Å². The molecular weight excluding hydrogens is 276 g/mol. The number of hydrogen-bond acceptors (Lipinski definition) is 2. The van der Waals surface area contributed by atoms with Gasteiger partial charge in [0, 0.05) is 30.7 Å². The van der Waals surface area contributed by atoms with Crippen molar-refractivity contribution in [2.75, 3.05) is 0 Å². The summed E-state index contributed by atoms with van der Waals surface area (Å²) < 4.78 is 1.98. The maximum absolute atomic E-state index is 11.1. The minimum absolute atomic E-state index is 0.276. The van der Waals surface area contributed by atoms with Gasteiger partial charge in [-0.3, -0.25) is 4.98 Å². The first-order chi connectivity index (χ1) is 9.65. The molecule has 0 fully saturated rings. The highest BCUT2D eigenvalue weighted by Crippen LogP contribution is 2.21. The fourth-order valence-corrected chi connectivity index (χ4v) is 2.35. The average Bonchev–Trinajstić information content (AvgIpc) is 2.84. The lowest BCUT2D eigenvalue weighted by Gasteiger charge is -2.07. The van der Waals surface area contributed by atoms with E-state index in [4.69, 9.17) is 16.7 Å². The van der Waals surface area contributed by atoms with Gasteiger partial charge in [0.2, 0.25) is 0 Å². The van der Waals surface area contributed by atoms with Crippen LogP contribution in [0.2, 0.25) is 5.02 Å². The Kier molecular flexibility index (Phi) is 3.16. The number of halogens is 1. The molecule has 0 unspecified atom stereocenters. The van der Waals surface area contributed by atoms with E-state index >= 15 is 0 Å². The van der Waals surface area contributed by atoms with Gasteiger partial charge in [-0.25, -0.2) is 4.79 Å². The second kappa shape index (κ2) is 4.98. The monoisotopic (exact) mass is 286 g/mol. The van der Waals surface area contributed by atoms with E-state index in [0.717, 1.165) is 16.5 Å². The Morgan fingerprint density at radius 2 is 2.15 bits per heavy atom. The van der Waals surface area contributed by atoms with Crippen molar-refractivity contribution in [1.82, 2.24) is 9.55 Å². The fourth-order valence-electron chi connectivity index (χ4n) is 2.17. The van der Waals surface area contributed by atoms with Crippen LogP contribution in [-0.2, 0) is 6.54 Å². The van der Waals surface area contributed by atoms with Gasteiger partial charge in [0.15, 0.2) is 0 Å². The van der Waals surface area contributed by atoms with Gasteiger partial charge in [-0.05, 0) is 35.2 Å². The van der Waals surface area contributed by atoms with Crippen LogP contribution in [0.5, 0.6) is 0 Å². The lowest BCUT2D eigenvalue weighted by molar-refractivity contribution is 0.0697. The van der Waals surface area contributed by atoms with E-state index in [1.54, 1.807) is 24.5 Å². The number of rotatable bonds is 3. The van der Waals surface area contributed by atoms with Crippen molar-refractivity contribution in [3.63, 3.8) is 0 Å². The molecule has 0 saturated carbocycles. The second-order valence-electron chi connectivity index (χ2n) is 4.49. The van der Waals surface area contributed by atoms with E-state index < -0.39 is 5.97 Å². The molecule has 5 heteroatoms. The predicted molar refractivity (Wildman–Crippen MR) is 77.2 cm³/mol. The number of pyridine rings is 1. The second-order valence-corrected chi connectivity index (χ2v) is 4.90. The molecule has 0 spiro atoms. The number of aromatic nitrogens is 2. The summed E-state index contributed by atoms with van der Waals surface area (Å²) in [6.45, 7) is 0.577. The molecular formula is C15H11ClN2O2. The zero-order valence-corrected chi connectivity index (χ0v) is 11.2. The first kappa shape index (κ1) is 12.7. The molecule has 3 aromatic rings. The molecule has 3 rings (SSSR count). The zero-order chi connectivity index (χ0) is 14.1. The van der Waals surface area contributed by atoms with Crippen molar-refractivity contribution < 1.29 is 9.90 Å². The van der Waals surface area contributed by atoms with Crippen LogP contribution in [0.3, 0.4) is 0 Å². The van der Waals surface area contributed by atoms with Crippen LogP contribution in [0.15, 0.2) is 48.9 Å². The number of carboxylic acid groups (broad SMARTS) is 1. The highest BCUT2D eigenvalue weighted by molar-refractivity contribution is 6.31.